The maximum Gasteiger partial charge on any atom is 0.275 e. The van der Waals surface area contributed by atoms with Crippen molar-refractivity contribution in [1.82, 2.24) is 25.1 Å². The molecule has 4 heterocycles. The van der Waals surface area contributed by atoms with Gasteiger partial charge >= 0.3 is 0 Å². The number of amides is 1. The van der Waals surface area contributed by atoms with Crippen LogP contribution in [-0.4, -0.2) is 37.5 Å². The van der Waals surface area contributed by atoms with Gasteiger partial charge in [0.05, 0.1) is 11.7 Å². The van der Waals surface area contributed by atoms with E-state index in [2.05, 4.69) is 30.4 Å². The van der Waals surface area contributed by atoms with Crippen LogP contribution >= 0.6 is 0 Å². The summed E-state index contributed by atoms with van der Waals surface area (Å²) < 4.78 is 0. The summed E-state index contributed by atoms with van der Waals surface area (Å²) in [6.07, 6.45) is 5.64. The molecular formula is C20H22N6O. The first-order chi connectivity index (χ1) is 13.2. The summed E-state index contributed by atoms with van der Waals surface area (Å²) in [6.45, 7) is 3.77. The number of aromatic nitrogens is 4. The molecule has 0 unspecified atom stereocenters. The number of likely N-dealkylation sites (tertiary alicyclic amines) is 1. The average Bonchev–Trinajstić information content (AvgIpc) is 3.36. The van der Waals surface area contributed by atoms with Crippen molar-refractivity contribution in [3.05, 3.63) is 71.4 Å². The summed E-state index contributed by atoms with van der Waals surface area (Å²) in [4.78, 5) is 23.8. The molecule has 7 nitrogen and oxygen atoms in total. The molecule has 1 saturated heterocycles. The number of anilines is 1. The van der Waals surface area contributed by atoms with Gasteiger partial charge in [-0.05, 0) is 56.1 Å². The van der Waals surface area contributed by atoms with Crippen molar-refractivity contribution in [3.8, 4) is 0 Å². The van der Waals surface area contributed by atoms with Crippen LogP contribution in [0.25, 0.3) is 0 Å². The zero-order valence-corrected chi connectivity index (χ0v) is 15.2. The van der Waals surface area contributed by atoms with Gasteiger partial charge in [-0.1, -0.05) is 12.1 Å². The van der Waals surface area contributed by atoms with Crippen molar-refractivity contribution in [2.24, 2.45) is 0 Å². The van der Waals surface area contributed by atoms with Crippen LogP contribution < -0.4 is 5.32 Å². The molecule has 27 heavy (non-hydrogen) atoms. The lowest BCUT2D eigenvalue weighted by atomic mass is 10.1. The third-order valence-electron chi connectivity index (χ3n) is 4.79. The number of aromatic amines is 1. The van der Waals surface area contributed by atoms with Gasteiger partial charge in [-0.3, -0.25) is 14.8 Å². The van der Waals surface area contributed by atoms with E-state index in [9.17, 15) is 4.79 Å². The highest BCUT2D eigenvalue weighted by atomic mass is 16.1. The Morgan fingerprint density at radius 2 is 2.22 bits per heavy atom. The number of carbonyl (C=O) groups is 1. The second-order valence-electron chi connectivity index (χ2n) is 6.83. The van der Waals surface area contributed by atoms with Crippen LogP contribution in [-0.2, 0) is 6.54 Å². The van der Waals surface area contributed by atoms with E-state index < -0.39 is 0 Å². The number of nitrogens with zero attached hydrogens (tertiary/aromatic N) is 4. The Morgan fingerprint density at radius 1 is 1.30 bits per heavy atom. The summed E-state index contributed by atoms with van der Waals surface area (Å²) in [7, 11) is 0. The first-order valence-electron chi connectivity index (χ1n) is 9.12. The standard InChI is InChI=1S/C20H22N6O/c1-14-7-8-19(21-12-14)24-20(27)17-5-2-4-16(23-17)18-6-3-11-26(18)13-15-9-10-22-25-15/h2,4-5,7-10,12,18H,3,6,11,13H2,1H3,(H,22,25)(H,21,24,27)/t18-/m0/s1. The number of pyridine rings is 2. The largest absolute Gasteiger partial charge is 0.305 e. The molecule has 138 valence electrons. The molecule has 7 heteroatoms. The van der Waals surface area contributed by atoms with Crippen molar-refractivity contribution in [3.63, 3.8) is 0 Å². The van der Waals surface area contributed by atoms with Crippen molar-refractivity contribution >= 4 is 11.7 Å². The van der Waals surface area contributed by atoms with Crippen molar-refractivity contribution in [1.29, 1.82) is 0 Å². The molecule has 1 amide bonds. The van der Waals surface area contributed by atoms with E-state index in [-0.39, 0.29) is 11.9 Å². The minimum absolute atomic E-state index is 0.207. The number of hydrogen-bond acceptors (Lipinski definition) is 5. The molecule has 1 atom stereocenters. The lowest BCUT2D eigenvalue weighted by Crippen LogP contribution is -2.24. The normalized spacial score (nSPS) is 17.1. The lowest BCUT2D eigenvalue weighted by molar-refractivity contribution is 0.102. The maximum absolute atomic E-state index is 12.6. The first-order valence-corrected chi connectivity index (χ1v) is 9.12. The predicted octanol–water partition coefficient (Wildman–Crippen LogP) is 3.10. The van der Waals surface area contributed by atoms with Gasteiger partial charge in [-0.2, -0.15) is 5.10 Å². The summed E-state index contributed by atoms with van der Waals surface area (Å²) in [5.74, 6) is 0.283. The Balaban J connectivity index is 1.49. The van der Waals surface area contributed by atoms with E-state index in [0.717, 1.165) is 42.9 Å². The Bertz CT molecular complexity index is 906. The number of aryl methyl sites for hydroxylation is 1. The molecule has 2 N–H and O–H groups in total. The van der Waals surface area contributed by atoms with Gasteiger partial charge in [0.2, 0.25) is 0 Å². The molecule has 1 fully saturated rings. The lowest BCUT2D eigenvalue weighted by Gasteiger charge is -2.23. The van der Waals surface area contributed by atoms with Crippen molar-refractivity contribution < 1.29 is 4.79 Å². The van der Waals surface area contributed by atoms with Gasteiger partial charge in [0.25, 0.3) is 5.91 Å². The van der Waals surface area contributed by atoms with Crippen LogP contribution in [0.2, 0.25) is 0 Å². The van der Waals surface area contributed by atoms with Crippen molar-refractivity contribution in [2.75, 3.05) is 11.9 Å². The van der Waals surface area contributed by atoms with Crippen LogP contribution in [0.1, 0.15) is 46.3 Å². The molecular weight excluding hydrogens is 340 g/mol. The fourth-order valence-corrected chi connectivity index (χ4v) is 3.43. The van der Waals surface area contributed by atoms with Gasteiger partial charge in [-0.15, -0.1) is 0 Å². The van der Waals surface area contributed by atoms with Crippen LogP contribution in [0.5, 0.6) is 0 Å². The molecule has 3 aromatic heterocycles. The fourth-order valence-electron chi connectivity index (χ4n) is 3.43. The van der Waals surface area contributed by atoms with E-state index in [0.29, 0.717) is 11.5 Å². The average molecular weight is 362 g/mol. The first kappa shape index (κ1) is 17.4. The number of carbonyl (C=O) groups excluding carboxylic acids is 1. The monoisotopic (exact) mass is 362 g/mol. The summed E-state index contributed by atoms with van der Waals surface area (Å²) >= 11 is 0. The van der Waals surface area contributed by atoms with E-state index in [1.54, 1.807) is 24.5 Å². The SMILES string of the molecule is Cc1ccc(NC(=O)c2cccc([C@@H]3CCCN3Cc3ccn[nH]3)n2)nc1. The summed E-state index contributed by atoms with van der Waals surface area (Å²) in [5.41, 5.74) is 3.47. The minimum Gasteiger partial charge on any atom is -0.305 e. The smallest absolute Gasteiger partial charge is 0.275 e. The van der Waals surface area contributed by atoms with Gasteiger partial charge in [0.1, 0.15) is 11.5 Å². The van der Waals surface area contributed by atoms with Gasteiger partial charge in [0.15, 0.2) is 0 Å². The van der Waals surface area contributed by atoms with E-state index in [4.69, 9.17) is 0 Å². The second kappa shape index (κ2) is 7.67. The zero-order valence-electron chi connectivity index (χ0n) is 15.2. The second-order valence-corrected chi connectivity index (χ2v) is 6.83. The highest BCUT2D eigenvalue weighted by molar-refractivity contribution is 6.02. The van der Waals surface area contributed by atoms with E-state index >= 15 is 0 Å². The summed E-state index contributed by atoms with van der Waals surface area (Å²) in [5, 5.41) is 9.84. The number of H-pyrrole nitrogens is 1. The highest BCUT2D eigenvalue weighted by Crippen LogP contribution is 2.32. The molecule has 0 radical (unpaired) electrons. The summed E-state index contributed by atoms with van der Waals surface area (Å²) in [6, 6.07) is 11.5. The highest BCUT2D eigenvalue weighted by Gasteiger charge is 2.27. The molecule has 4 rings (SSSR count). The van der Waals surface area contributed by atoms with Crippen LogP contribution in [0, 0.1) is 6.92 Å². The van der Waals surface area contributed by atoms with Crippen LogP contribution in [0.3, 0.4) is 0 Å². The van der Waals surface area contributed by atoms with Gasteiger partial charge < -0.3 is 5.32 Å². The Kier molecular flexibility index (Phi) is 4.93. The van der Waals surface area contributed by atoms with Crippen LogP contribution in [0.15, 0.2) is 48.8 Å². The number of rotatable bonds is 5. The molecule has 0 aromatic carbocycles. The predicted molar refractivity (Wildman–Crippen MR) is 102 cm³/mol. The van der Waals surface area contributed by atoms with E-state index in [1.165, 1.54) is 0 Å². The van der Waals surface area contributed by atoms with Crippen LogP contribution in [0.4, 0.5) is 5.82 Å². The maximum atomic E-state index is 12.6. The molecule has 0 aliphatic carbocycles. The Hall–Kier alpha value is -3.06. The molecule has 3 aromatic rings. The number of nitrogens with one attached hydrogen (secondary N) is 2. The minimum atomic E-state index is -0.244. The molecule has 1 aliphatic rings. The third kappa shape index (κ3) is 4.03. The molecule has 0 spiro atoms. The van der Waals surface area contributed by atoms with Crippen molar-refractivity contribution in [2.45, 2.75) is 32.4 Å². The van der Waals surface area contributed by atoms with E-state index in [1.807, 2.05) is 31.2 Å². The topological polar surface area (TPSA) is 86.8 Å². The fraction of sp³-hybridized carbons (Fsp3) is 0.300. The van der Waals surface area contributed by atoms with Gasteiger partial charge in [0, 0.05) is 24.6 Å². The third-order valence-corrected chi connectivity index (χ3v) is 4.79. The quantitative estimate of drug-likeness (QED) is 0.728. The Labute approximate surface area is 157 Å². The molecule has 0 saturated carbocycles. The zero-order chi connectivity index (χ0) is 18.6. The number of hydrogen-bond donors (Lipinski definition) is 2. The Morgan fingerprint density at radius 3 is 3.00 bits per heavy atom. The molecule has 0 bridgehead atoms. The van der Waals surface area contributed by atoms with Gasteiger partial charge in [-0.25, -0.2) is 9.97 Å². The molecule has 1 aliphatic heterocycles.